The number of aromatic nitrogens is 5. The van der Waals surface area contributed by atoms with Gasteiger partial charge in [0.25, 0.3) is 0 Å². The highest BCUT2D eigenvalue weighted by molar-refractivity contribution is 5.87. The van der Waals surface area contributed by atoms with Crippen molar-refractivity contribution >= 4 is 57.4 Å². The number of hydrogen-bond acceptors (Lipinski definition) is 10. The minimum atomic E-state index is -1.25. The highest BCUT2D eigenvalue weighted by Gasteiger charge is 2.41. The molecule has 10 rings (SSSR count). The number of rotatable bonds is 13. The number of fused-ring (bicyclic) bond motifs is 2. The molecule has 4 amide bonds. The Hall–Kier alpha value is -7.31. The molecule has 3 aromatic carbocycles. The Morgan fingerprint density at radius 1 is 0.676 bits per heavy atom. The molecule has 6 atom stereocenters. The molecule has 4 saturated heterocycles. The van der Waals surface area contributed by atoms with Crippen LogP contribution in [-0.4, -0.2) is 109 Å². The minimum absolute atomic E-state index is 0.0328. The predicted molar refractivity (Wildman–Crippen MR) is 275 cm³/mol. The Morgan fingerprint density at radius 3 is 1.68 bits per heavy atom. The number of piperidine rings is 1. The fourth-order valence-corrected chi connectivity index (χ4v) is 12.0. The number of aromatic amines is 2. The molecule has 0 bridgehead atoms. The smallest absolute Gasteiger partial charge is 0.407 e. The van der Waals surface area contributed by atoms with Crippen LogP contribution in [-0.2, 0) is 14.3 Å². The number of amides is 4. The van der Waals surface area contributed by atoms with E-state index in [2.05, 4.69) is 30.5 Å². The predicted octanol–water partition coefficient (Wildman–Crippen LogP) is 9.58. The second-order valence-corrected chi connectivity index (χ2v) is 21.0. The van der Waals surface area contributed by atoms with Crippen molar-refractivity contribution < 1.29 is 37.8 Å². The molecular weight excluding hydrogens is 949 g/mol. The number of imidazole rings is 2. The summed E-state index contributed by atoms with van der Waals surface area (Å²) in [5.74, 6) is -0.736. The lowest BCUT2D eigenvalue weighted by molar-refractivity contribution is -0.136. The average Bonchev–Trinajstić information content (AvgIpc) is 4.26. The maximum Gasteiger partial charge on any atom is 0.407 e. The van der Waals surface area contributed by atoms with Gasteiger partial charge in [-0.2, -0.15) is 0 Å². The van der Waals surface area contributed by atoms with E-state index in [9.17, 15) is 24.3 Å². The molecule has 390 valence electrons. The maximum absolute atomic E-state index is 16.8. The standard InChI is InChI=1S/C55H65F2N11O6/c1-30(2)47(63-54(71)72)52(69)66-22-8-11-45(66)50-59-39-15-13-33(26-41(39)61-50)43-17-18-44(68(43)35-28-36(56)49(37(57)29-35)65-24-19-32(20-25-65)38-10-6-7-21-58-38)34-14-16-40-42(27-34)62-51(60-40)46-12-9-23-67(46)53(70)48(31(3)4)64-55(73)74-5/h6-7,10,13-16,21,26-32,43-48,63H,8-9,11-12,17-20,22-25H2,1-5H3,(H,59,61)(H,60,62)(H,64,73)(H,71,72)/t43-,44-,45+,46+,47+,48+/m1/s1. The second kappa shape index (κ2) is 20.9. The molecule has 4 aliphatic heterocycles. The Labute approximate surface area is 428 Å². The first-order chi connectivity index (χ1) is 35.7. The zero-order valence-electron chi connectivity index (χ0n) is 42.5. The van der Waals surface area contributed by atoms with Crippen LogP contribution in [0.4, 0.5) is 29.7 Å². The third kappa shape index (κ3) is 9.79. The van der Waals surface area contributed by atoms with Crippen molar-refractivity contribution in [3.8, 4) is 0 Å². The van der Waals surface area contributed by atoms with Crippen molar-refractivity contribution in [3.63, 3.8) is 0 Å². The lowest BCUT2D eigenvalue weighted by Crippen LogP contribution is -2.51. The molecule has 74 heavy (non-hydrogen) atoms. The number of carboxylic acid groups (broad SMARTS) is 1. The zero-order chi connectivity index (χ0) is 51.9. The Kier molecular flexibility index (Phi) is 14.2. The van der Waals surface area contributed by atoms with Gasteiger partial charge in [0.1, 0.15) is 29.4 Å². The van der Waals surface area contributed by atoms with Gasteiger partial charge in [0, 0.05) is 49.7 Å². The highest BCUT2D eigenvalue weighted by atomic mass is 19.1. The number of nitrogens with zero attached hydrogens (tertiary/aromatic N) is 7. The molecule has 0 aliphatic carbocycles. The average molecular weight is 1010 g/mol. The third-order valence-corrected chi connectivity index (χ3v) is 15.7. The largest absolute Gasteiger partial charge is 0.465 e. The van der Waals surface area contributed by atoms with Crippen molar-refractivity contribution in [2.24, 2.45) is 11.8 Å². The molecule has 0 spiro atoms. The number of alkyl carbamates (subject to hydrolysis) is 1. The fourth-order valence-electron chi connectivity index (χ4n) is 12.0. The Bertz CT molecular complexity index is 3020. The molecule has 6 aromatic rings. The lowest BCUT2D eigenvalue weighted by Gasteiger charge is -2.36. The van der Waals surface area contributed by atoms with Crippen molar-refractivity contribution in [1.82, 2.24) is 45.4 Å². The molecule has 4 aliphatic rings. The Balaban J connectivity index is 0.968. The summed E-state index contributed by atoms with van der Waals surface area (Å²) in [4.78, 5) is 80.6. The maximum atomic E-state index is 16.8. The van der Waals surface area contributed by atoms with E-state index < -0.39 is 35.9 Å². The summed E-state index contributed by atoms with van der Waals surface area (Å²) >= 11 is 0. The number of benzene rings is 3. The van der Waals surface area contributed by atoms with Crippen molar-refractivity contribution in [2.75, 3.05) is 43.1 Å². The van der Waals surface area contributed by atoms with Gasteiger partial charge in [-0.05, 0) is 123 Å². The SMILES string of the molecule is COC(=O)N[C@H](C(=O)N1CCC[C@H]1c1nc2cc([C@H]3CC[C@H](c4ccc5[nH]c([C@@H]6CCCN6C(=O)[C@@H](NC(=O)O)C(C)C)nc5c4)N3c3cc(F)c(N4CCC(c5ccccn5)CC4)c(F)c3)ccc2[nH]1)C(C)C. The molecule has 17 nitrogen and oxygen atoms in total. The van der Waals surface area contributed by atoms with Crippen LogP contribution in [0.25, 0.3) is 22.1 Å². The number of anilines is 2. The van der Waals surface area contributed by atoms with E-state index in [1.165, 1.54) is 19.2 Å². The van der Waals surface area contributed by atoms with E-state index in [1.807, 2.05) is 82.3 Å². The van der Waals surface area contributed by atoms with E-state index in [4.69, 9.17) is 14.7 Å². The summed E-state index contributed by atoms with van der Waals surface area (Å²) in [6.45, 7) is 9.34. The van der Waals surface area contributed by atoms with Crippen LogP contribution < -0.4 is 20.4 Å². The number of methoxy groups -OCH3 is 1. The first-order valence-corrected chi connectivity index (χ1v) is 26.0. The van der Waals surface area contributed by atoms with Crippen LogP contribution in [0.3, 0.4) is 0 Å². The third-order valence-electron chi connectivity index (χ3n) is 15.7. The molecule has 0 saturated carbocycles. The number of carbonyl (C=O) groups is 4. The van der Waals surface area contributed by atoms with Gasteiger partial charge in [-0.15, -0.1) is 0 Å². The minimum Gasteiger partial charge on any atom is -0.465 e. The lowest BCUT2D eigenvalue weighted by atomic mass is 9.92. The van der Waals surface area contributed by atoms with Crippen LogP contribution in [0, 0.1) is 23.5 Å². The molecule has 0 radical (unpaired) electrons. The summed E-state index contributed by atoms with van der Waals surface area (Å²) in [7, 11) is 1.27. The normalized spacial score (nSPS) is 21.3. The van der Waals surface area contributed by atoms with Crippen molar-refractivity contribution in [3.05, 3.63) is 113 Å². The molecule has 4 fully saturated rings. The fraction of sp³-hybridized carbons (Fsp3) is 0.473. The first kappa shape index (κ1) is 50.2. The van der Waals surface area contributed by atoms with E-state index in [1.54, 1.807) is 20.9 Å². The van der Waals surface area contributed by atoms with Crippen molar-refractivity contribution in [1.29, 1.82) is 0 Å². The van der Waals surface area contributed by atoms with Gasteiger partial charge >= 0.3 is 12.2 Å². The molecule has 7 heterocycles. The number of H-pyrrole nitrogens is 2. The number of hydrogen-bond donors (Lipinski definition) is 5. The van der Waals surface area contributed by atoms with E-state index >= 15 is 8.78 Å². The second-order valence-electron chi connectivity index (χ2n) is 21.0. The molecule has 5 N–H and O–H groups in total. The molecular formula is C55H65F2N11O6. The van der Waals surface area contributed by atoms with Crippen LogP contribution in [0.15, 0.2) is 72.9 Å². The van der Waals surface area contributed by atoms with E-state index in [0.29, 0.717) is 80.2 Å². The van der Waals surface area contributed by atoms with Crippen molar-refractivity contribution in [2.45, 2.75) is 121 Å². The topological polar surface area (TPSA) is 205 Å². The van der Waals surface area contributed by atoms with Gasteiger partial charge in [-0.1, -0.05) is 45.9 Å². The summed E-state index contributed by atoms with van der Waals surface area (Å²) < 4.78 is 38.4. The zero-order valence-corrected chi connectivity index (χ0v) is 42.5. The number of carbonyl (C=O) groups excluding carboxylic acids is 3. The first-order valence-electron chi connectivity index (χ1n) is 26.0. The summed E-state index contributed by atoms with van der Waals surface area (Å²) in [6.07, 6.45) is 5.46. The number of pyridine rings is 1. The molecule has 0 unspecified atom stereocenters. The summed E-state index contributed by atoms with van der Waals surface area (Å²) in [5, 5.41) is 14.6. The quantitative estimate of drug-likeness (QED) is 0.0737. The van der Waals surface area contributed by atoms with Gasteiger partial charge < -0.3 is 50.0 Å². The monoisotopic (exact) mass is 1010 g/mol. The molecule has 3 aromatic heterocycles. The van der Waals surface area contributed by atoms with Gasteiger partial charge in [0.05, 0.1) is 53.3 Å². The number of nitrogens with one attached hydrogen (secondary N) is 4. The number of likely N-dealkylation sites (tertiary alicyclic amines) is 2. The van der Waals surface area contributed by atoms with Crippen LogP contribution in [0.2, 0.25) is 0 Å². The van der Waals surface area contributed by atoms with Gasteiger partial charge in [0.15, 0.2) is 11.6 Å². The summed E-state index contributed by atoms with van der Waals surface area (Å²) in [6, 6.07) is 17.8. The van der Waals surface area contributed by atoms with Crippen LogP contribution in [0.5, 0.6) is 0 Å². The van der Waals surface area contributed by atoms with Gasteiger partial charge in [-0.25, -0.2) is 28.3 Å². The van der Waals surface area contributed by atoms with Crippen LogP contribution in [0.1, 0.15) is 138 Å². The van der Waals surface area contributed by atoms with Gasteiger partial charge in [0.2, 0.25) is 11.8 Å². The van der Waals surface area contributed by atoms with Gasteiger partial charge in [-0.3, -0.25) is 14.6 Å². The van der Waals surface area contributed by atoms with Crippen LogP contribution >= 0.6 is 0 Å². The molecule has 19 heteroatoms. The number of ether oxygens (including phenoxy) is 1. The Morgan fingerprint density at radius 2 is 1.20 bits per heavy atom. The summed E-state index contributed by atoms with van der Waals surface area (Å²) in [5.41, 5.74) is 6.09. The highest BCUT2D eigenvalue weighted by Crippen LogP contribution is 2.49. The van der Waals surface area contributed by atoms with E-state index in [0.717, 1.165) is 53.5 Å². The van der Waals surface area contributed by atoms with E-state index in [-0.39, 0.29) is 59.4 Å². The number of halogens is 2.